The second kappa shape index (κ2) is 7.25. The maximum Gasteiger partial charge on any atom is 0.169 e. The van der Waals surface area contributed by atoms with Gasteiger partial charge >= 0.3 is 0 Å². The summed E-state index contributed by atoms with van der Waals surface area (Å²) in [4.78, 5) is 0. The number of aromatic nitrogens is 3. The Labute approximate surface area is 127 Å². The molecule has 1 aromatic heterocycles. The Morgan fingerprint density at radius 2 is 2.00 bits per heavy atom. The average molecular weight is 286 g/mol. The van der Waals surface area contributed by atoms with Crippen LogP contribution < -0.4 is 5.73 Å². The van der Waals surface area contributed by atoms with Crippen LogP contribution in [-0.4, -0.2) is 15.0 Å². The topological polar surface area (TPSA) is 56.7 Å². The Balaban J connectivity index is 2.28. The molecule has 21 heavy (non-hydrogen) atoms. The number of benzene rings is 1. The molecule has 2 rings (SSSR count). The molecule has 0 radical (unpaired) electrons. The number of nitrogens with two attached hydrogens (primary N) is 1. The summed E-state index contributed by atoms with van der Waals surface area (Å²) in [6, 6.07) is 8.22. The minimum atomic E-state index is 0.563. The van der Waals surface area contributed by atoms with Gasteiger partial charge < -0.3 is 5.73 Å². The molecule has 4 nitrogen and oxygen atoms in total. The minimum absolute atomic E-state index is 0.563. The van der Waals surface area contributed by atoms with E-state index >= 15 is 0 Å². The van der Waals surface area contributed by atoms with E-state index in [0.717, 1.165) is 17.8 Å². The molecule has 2 aromatic rings. The zero-order valence-electron chi connectivity index (χ0n) is 13.3. The molecule has 1 atom stereocenters. The normalized spacial score (nSPS) is 12.5. The largest absolute Gasteiger partial charge is 0.381 e. The zero-order valence-corrected chi connectivity index (χ0v) is 13.3. The van der Waals surface area contributed by atoms with E-state index in [1.54, 1.807) is 0 Å². The number of nitrogens with zero attached hydrogens (tertiary/aromatic N) is 3. The molecule has 0 amide bonds. The van der Waals surface area contributed by atoms with Gasteiger partial charge in [-0.15, -0.1) is 5.10 Å². The second-order valence-electron chi connectivity index (χ2n) is 5.74. The molecule has 0 aliphatic rings. The number of anilines is 1. The molecule has 1 heterocycles. The fraction of sp³-hybridized carbons (Fsp3) is 0.529. The standard InChI is InChI=1S/C17H26N4/c1-4-6-10-14(5-2)12-16-17(18)19-20-21(16)15-11-8-7-9-13(15)3/h7-9,11,14H,4-6,10,12,18H2,1-3H3. The van der Waals surface area contributed by atoms with Crippen LogP contribution in [0.1, 0.15) is 50.8 Å². The third kappa shape index (κ3) is 3.63. The van der Waals surface area contributed by atoms with E-state index in [0.29, 0.717) is 11.7 Å². The first-order chi connectivity index (χ1) is 10.2. The Bertz CT molecular complexity index is 574. The molecule has 0 spiro atoms. The summed E-state index contributed by atoms with van der Waals surface area (Å²) in [5.74, 6) is 1.21. The number of rotatable bonds is 7. The molecule has 0 saturated heterocycles. The van der Waals surface area contributed by atoms with Gasteiger partial charge in [0, 0.05) is 0 Å². The first-order valence-corrected chi connectivity index (χ1v) is 7.93. The summed E-state index contributed by atoms with van der Waals surface area (Å²) in [5.41, 5.74) is 9.37. The molecule has 0 aliphatic heterocycles. The first-order valence-electron chi connectivity index (χ1n) is 7.93. The van der Waals surface area contributed by atoms with Crippen LogP contribution in [0.2, 0.25) is 0 Å². The molecule has 0 saturated carbocycles. The van der Waals surface area contributed by atoms with Gasteiger partial charge in [0.2, 0.25) is 0 Å². The lowest BCUT2D eigenvalue weighted by atomic mass is 9.94. The van der Waals surface area contributed by atoms with Crippen LogP contribution in [0.15, 0.2) is 24.3 Å². The van der Waals surface area contributed by atoms with Crippen molar-refractivity contribution in [3.8, 4) is 5.69 Å². The van der Waals surface area contributed by atoms with Gasteiger partial charge in [0.25, 0.3) is 0 Å². The fourth-order valence-corrected chi connectivity index (χ4v) is 2.72. The molecule has 2 N–H and O–H groups in total. The van der Waals surface area contributed by atoms with Crippen LogP contribution in [-0.2, 0) is 6.42 Å². The van der Waals surface area contributed by atoms with Gasteiger partial charge in [-0.2, -0.15) is 0 Å². The zero-order chi connectivity index (χ0) is 15.2. The van der Waals surface area contributed by atoms with E-state index in [1.165, 1.54) is 31.2 Å². The first kappa shape index (κ1) is 15.5. The van der Waals surface area contributed by atoms with E-state index in [9.17, 15) is 0 Å². The fourth-order valence-electron chi connectivity index (χ4n) is 2.72. The quantitative estimate of drug-likeness (QED) is 0.839. The molecule has 4 heteroatoms. The van der Waals surface area contributed by atoms with Crippen molar-refractivity contribution in [2.75, 3.05) is 5.73 Å². The lowest BCUT2D eigenvalue weighted by molar-refractivity contribution is 0.441. The van der Waals surface area contributed by atoms with Crippen molar-refractivity contribution < 1.29 is 0 Å². The van der Waals surface area contributed by atoms with Gasteiger partial charge in [0.1, 0.15) is 0 Å². The molecule has 0 fully saturated rings. The molecule has 0 bridgehead atoms. The van der Waals surface area contributed by atoms with Crippen LogP contribution in [0, 0.1) is 12.8 Å². The number of unbranched alkanes of at least 4 members (excludes halogenated alkanes) is 1. The lowest BCUT2D eigenvalue weighted by Gasteiger charge is -2.16. The van der Waals surface area contributed by atoms with Crippen LogP contribution in [0.4, 0.5) is 5.82 Å². The molecule has 1 aromatic carbocycles. The monoisotopic (exact) mass is 286 g/mol. The number of nitrogen functional groups attached to an aromatic ring is 1. The van der Waals surface area contributed by atoms with Gasteiger partial charge in [-0.3, -0.25) is 0 Å². The summed E-state index contributed by atoms with van der Waals surface area (Å²) in [5, 5.41) is 8.35. The van der Waals surface area contributed by atoms with Gasteiger partial charge in [-0.25, -0.2) is 4.68 Å². The third-order valence-electron chi connectivity index (χ3n) is 4.16. The van der Waals surface area contributed by atoms with Gasteiger partial charge in [0.05, 0.1) is 11.4 Å². The number of aryl methyl sites for hydroxylation is 1. The molecular weight excluding hydrogens is 260 g/mol. The minimum Gasteiger partial charge on any atom is -0.381 e. The van der Waals surface area contributed by atoms with Crippen molar-refractivity contribution in [2.45, 2.75) is 52.9 Å². The Morgan fingerprint density at radius 1 is 1.24 bits per heavy atom. The van der Waals surface area contributed by atoms with Crippen molar-refractivity contribution >= 4 is 5.82 Å². The van der Waals surface area contributed by atoms with Crippen LogP contribution in [0.25, 0.3) is 5.69 Å². The third-order valence-corrected chi connectivity index (χ3v) is 4.16. The Morgan fingerprint density at radius 3 is 2.67 bits per heavy atom. The van der Waals surface area contributed by atoms with E-state index in [1.807, 2.05) is 16.8 Å². The lowest BCUT2D eigenvalue weighted by Crippen LogP contribution is -2.11. The Kier molecular flexibility index (Phi) is 5.37. The second-order valence-corrected chi connectivity index (χ2v) is 5.74. The van der Waals surface area contributed by atoms with E-state index < -0.39 is 0 Å². The van der Waals surface area contributed by atoms with Crippen LogP contribution in [0.3, 0.4) is 0 Å². The highest BCUT2D eigenvalue weighted by molar-refractivity contribution is 5.45. The number of hydrogen-bond acceptors (Lipinski definition) is 3. The molecule has 0 aliphatic carbocycles. The number of hydrogen-bond donors (Lipinski definition) is 1. The van der Waals surface area contributed by atoms with Crippen molar-refractivity contribution in [1.82, 2.24) is 15.0 Å². The maximum atomic E-state index is 6.07. The highest BCUT2D eigenvalue weighted by atomic mass is 15.4. The molecule has 1 unspecified atom stereocenters. The van der Waals surface area contributed by atoms with Crippen molar-refractivity contribution in [3.63, 3.8) is 0 Å². The summed E-state index contributed by atoms with van der Waals surface area (Å²) >= 11 is 0. The maximum absolute atomic E-state index is 6.07. The van der Waals surface area contributed by atoms with E-state index in [4.69, 9.17) is 5.73 Å². The Hall–Kier alpha value is -1.84. The molecular formula is C17H26N4. The predicted octanol–water partition coefficient (Wildman–Crippen LogP) is 3.92. The predicted molar refractivity (Wildman–Crippen MR) is 87.5 cm³/mol. The van der Waals surface area contributed by atoms with Gasteiger partial charge in [0.15, 0.2) is 5.82 Å². The van der Waals surface area contributed by atoms with E-state index in [-0.39, 0.29) is 0 Å². The highest BCUT2D eigenvalue weighted by Gasteiger charge is 2.17. The van der Waals surface area contributed by atoms with Crippen LogP contribution >= 0.6 is 0 Å². The summed E-state index contributed by atoms with van der Waals surface area (Å²) in [6.45, 7) is 6.57. The summed E-state index contributed by atoms with van der Waals surface area (Å²) < 4.78 is 1.92. The smallest absolute Gasteiger partial charge is 0.169 e. The summed E-state index contributed by atoms with van der Waals surface area (Å²) in [7, 11) is 0. The summed E-state index contributed by atoms with van der Waals surface area (Å²) in [6.07, 6.45) is 5.86. The highest BCUT2D eigenvalue weighted by Crippen LogP contribution is 2.24. The SMILES string of the molecule is CCCCC(CC)Cc1c(N)nnn1-c1ccccc1C. The van der Waals surface area contributed by atoms with Crippen LogP contribution in [0.5, 0.6) is 0 Å². The van der Waals surface area contributed by atoms with Crippen molar-refractivity contribution in [2.24, 2.45) is 5.92 Å². The van der Waals surface area contributed by atoms with Crippen molar-refractivity contribution in [3.05, 3.63) is 35.5 Å². The molecule has 114 valence electrons. The van der Waals surface area contributed by atoms with E-state index in [2.05, 4.69) is 43.2 Å². The number of para-hydroxylation sites is 1. The van der Waals surface area contributed by atoms with Gasteiger partial charge in [-0.1, -0.05) is 62.9 Å². The van der Waals surface area contributed by atoms with Crippen molar-refractivity contribution in [1.29, 1.82) is 0 Å². The average Bonchev–Trinajstić information content (AvgIpc) is 2.85. The van der Waals surface area contributed by atoms with Gasteiger partial charge in [-0.05, 0) is 30.9 Å².